The lowest BCUT2D eigenvalue weighted by molar-refractivity contribution is -0.115. The van der Waals surface area contributed by atoms with Gasteiger partial charge in [0.1, 0.15) is 0 Å². The number of nitrogens with one attached hydrogen (secondary N) is 1. The Morgan fingerprint density at radius 3 is 2.62 bits per heavy atom. The minimum absolute atomic E-state index is 0.0560. The van der Waals surface area contributed by atoms with E-state index in [1.165, 1.54) is 4.57 Å². The minimum atomic E-state index is -0.322. The summed E-state index contributed by atoms with van der Waals surface area (Å²) in [6.07, 6.45) is -0.0560. The minimum Gasteiger partial charge on any atom is -0.493 e. The van der Waals surface area contributed by atoms with Crippen LogP contribution in [0.15, 0.2) is 59.4 Å². The van der Waals surface area contributed by atoms with E-state index in [2.05, 4.69) is 5.32 Å². The van der Waals surface area contributed by atoms with Gasteiger partial charge in [-0.1, -0.05) is 41.7 Å². The van der Waals surface area contributed by atoms with E-state index in [9.17, 15) is 14.7 Å². The van der Waals surface area contributed by atoms with Crippen molar-refractivity contribution >= 4 is 22.9 Å². The highest BCUT2D eigenvalue weighted by atomic mass is 32.1. The molecule has 0 unspecified atom stereocenters. The topological polar surface area (TPSA) is 71.3 Å². The monoisotopic (exact) mass is 340 g/mol. The first-order valence-electron chi connectivity index (χ1n) is 7.40. The number of aromatic hydroxyl groups is 1. The van der Waals surface area contributed by atoms with Gasteiger partial charge in [-0.3, -0.25) is 9.59 Å². The second kappa shape index (κ2) is 6.72. The standard InChI is InChI=1S/C18H16N2O3S/c1-12-6-5-7-13(10-12)19-16(21)11-15-17(22)20(18(23)24-15)14-8-3-2-4-9-14/h2-10,22H,11H2,1H3,(H,19,21). The number of para-hydroxylation sites is 1. The zero-order chi connectivity index (χ0) is 17.1. The quantitative estimate of drug-likeness (QED) is 0.767. The number of rotatable bonds is 4. The smallest absolute Gasteiger partial charge is 0.314 e. The molecule has 0 atom stereocenters. The Morgan fingerprint density at radius 1 is 1.17 bits per heavy atom. The molecule has 1 heterocycles. The van der Waals surface area contributed by atoms with Crippen molar-refractivity contribution in [1.29, 1.82) is 0 Å². The van der Waals surface area contributed by atoms with Gasteiger partial charge in [-0.25, -0.2) is 4.57 Å². The molecule has 0 fully saturated rings. The fourth-order valence-corrected chi connectivity index (χ4v) is 3.28. The fraction of sp³-hybridized carbons (Fsp3) is 0.111. The first-order valence-corrected chi connectivity index (χ1v) is 8.22. The molecule has 2 aromatic carbocycles. The van der Waals surface area contributed by atoms with Crippen LogP contribution in [0.25, 0.3) is 5.69 Å². The number of aromatic nitrogens is 1. The van der Waals surface area contributed by atoms with E-state index in [-0.39, 0.29) is 23.1 Å². The molecule has 0 aliphatic rings. The highest BCUT2D eigenvalue weighted by molar-refractivity contribution is 7.09. The van der Waals surface area contributed by atoms with Crippen molar-refractivity contribution in [2.24, 2.45) is 0 Å². The lowest BCUT2D eigenvalue weighted by atomic mass is 10.2. The third-order valence-electron chi connectivity index (χ3n) is 3.49. The second-order valence-electron chi connectivity index (χ2n) is 5.38. The zero-order valence-electron chi connectivity index (χ0n) is 13.0. The molecule has 0 spiro atoms. The number of aryl methyl sites for hydroxylation is 1. The maximum Gasteiger partial charge on any atom is 0.314 e. The summed E-state index contributed by atoms with van der Waals surface area (Å²) in [6.45, 7) is 1.94. The molecule has 0 saturated heterocycles. The fourth-order valence-electron chi connectivity index (χ4n) is 2.40. The van der Waals surface area contributed by atoms with Gasteiger partial charge in [-0.15, -0.1) is 0 Å². The third-order valence-corrected chi connectivity index (χ3v) is 4.42. The van der Waals surface area contributed by atoms with Crippen LogP contribution in [0.2, 0.25) is 0 Å². The molecule has 122 valence electrons. The van der Waals surface area contributed by atoms with Crippen molar-refractivity contribution in [1.82, 2.24) is 4.57 Å². The van der Waals surface area contributed by atoms with Gasteiger partial charge in [0.15, 0.2) is 0 Å². The van der Waals surface area contributed by atoms with Crippen molar-refractivity contribution in [2.45, 2.75) is 13.3 Å². The Hall–Kier alpha value is -2.86. The molecule has 0 radical (unpaired) electrons. The molecular weight excluding hydrogens is 324 g/mol. The van der Waals surface area contributed by atoms with Gasteiger partial charge in [0.25, 0.3) is 0 Å². The van der Waals surface area contributed by atoms with Crippen LogP contribution in [0, 0.1) is 6.92 Å². The predicted octanol–water partition coefficient (Wildman–Crippen LogP) is 3.09. The molecule has 3 rings (SSSR count). The van der Waals surface area contributed by atoms with Gasteiger partial charge in [0.2, 0.25) is 11.8 Å². The number of thiazole rings is 1. The molecular formula is C18H16N2O3S. The van der Waals surface area contributed by atoms with Crippen LogP contribution < -0.4 is 10.2 Å². The van der Waals surface area contributed by atoms with Crippen molar-refractivity contribution in [3.63, 3.8) is 0 Å². The van der Waals surface area contributed by atoms with Gasteiger partial charge in [-0.05, 0) is 36.8 Å². The first-order chi connectivity index (χ1) is 11.5. The lowest BCUT2D eigenvalue weighted by Gasteiger charge is -2.06. The van der Waals surface area contributed by atoms with Gasteiger partial charge in [0.05, 0.1) is 17.0 Å². The SMILES string of the molecule is Cc1cccc(NC(=O)Cc2sc(=O)n(-c3ccccc3)c2O)c1. The third kappa shape index (κ3) is 3.38. The van der Waals surface area contributed by atoms with E-state index in [0.717, 1.165) is 16.9 Å². The molecule has 5 nitrogen and oxygen atoms in total. The first kappa shape index (κ1) is 16.0. The van der Waals surface area contributed by atoms with Crippen LogP contribution in [0.5, 0.6) is 5.88 Å². The molecule has 3 aromatic rings. The molecule has 2 N–H and O–H groups in total. The number of nitrogens with zero attached hydrogens (tertiary/aromatic N) is 1. The van der Waals surface area contributed by atoms with Gasteiger partial charge in [-0.2, -0.15) is 0 Å². The molecule has 0 saturated carbocycles. The highest BCUT2D eigenvalue weighted by Crippen LogP contribution is 2.24. The molecule has 0 aliphatic carbocycles. The second-order valence-corrected chi connectivity index (χ2v) is 6.43. The van der Waals surface area contributed by atoms with E-state index in [1.54, 1.807) is 30.3 Å². The van der Waals surface area contributed by atoms with E-state index < -0.39 is 0 Å². The van der Waals surface area contributed by atoms with Crippen molar-refractivity contribution in [3.05, 3.63) is 74.7 Å². The maximum atomic E-state index is 12.2. The summed E-state index contributed by atoms with van der Waals surface area (Å²) in [5.41, 5.74) is 2.30. The molecule has 1 amide bonds. The van der Waals surface area contributed by atoms with Crippen molar-refractivity contribution in [2.75, 3.05) is 5.32 Å². The summed E-state index contributed by atoms with van der Waals surface area (Å²) in [7, 11) is 0. The number of hydrogen-bond acceptors (Lipinski definition) is 4. The normalized spacial score (nSPS) is 10.5. The van der Waals surface area contributed by atoms with E-state index in [4.69, 9.17) is 0 Å². The number of benzene rings is 2. The summed E-state index contributed by atoms with van der Waals surface area (Å²) in [4.78, 5) is 24.3. The lowest BCUT2D eigenvalue weighted by Crippen LogP contribution is -2.14. The van der Waals surface area contributed by atoms with Crippen LogP contribution in [0.1, 0.15) is 10.4 Å². The Morgan fingerprint density at radius 2 is 1.92 bits per heavy atom. The number of amides is 1. The largest absolute Gasteiger partial charge is 0.493 e. The van der Waals surface area contributed by atoms with Gasteiger partial charge < -0.3 is 10.4 Å². The average Bonchev–Trinajstić information content (AvgIpc) is 2.82. The summed E-state index contributed by atoms with van der Waals surface area (Å²) >= 11 is 0.874. The number of hydrogen-bond donors (Lipinski definition) is 2. The van der Waals surface area contributed by atoms with Crippen LogP contribution in [-0.2, 0) is 11.2 Å². The molecule has 0 bridgehead atoms. The van der Waals surface area contributed by atoms with E-state index in [1.807, 2.05) is 31.2 Å². The summed E-state index contributed by atoms with van der Waals surface area (Å²) < 4.78 is 1.21. The molecule has 1 aromatic heterocycles. The van der Waals surface area contributed by atoms with Crippen LogP contribution in [0.3, 0.4) is 0 Å². The number of anilines is 1. The summed E-state index contributed by atoms with van der Waals surface area (Å²) in [6, 6.07) is 16.3. The van der Waals surface area contributed by atoms with Crippen molar-refractivity contribution < 1.29 is 9.90 Å². The summed E-state index contributed by atoms with van der Waals surface area (Å²) in [5, 5.41) is 13.1. The molecule has 6 heteroatoms. The number of carbonyl (C=O) groups excluding carboxylic acids is 1. The van der Waals surface area contributed by atoms with Crippen LogP contribution in [-0.4, -0.2) is 15.6 Å². The number of carbonyl (C=O) groups is 1. The van der Waals surface area contributed by atoms with Gasteiger partial charge in [0, 0.05) is 5.69 Å². The Bertz CT molecular complexity index is 929. The van der Waals surface area contributed by atoms with Crippen molar-refractivity contribution in [3.8, 4) is 11.6 Å². The Balaban J connectivity index is 1.81. The predicted molar refractivity (Wildman–Crippen MR) is 95.1 cm³/mol. The molecule has 24 heavy (non-hydrogen) atoms. The Labute approximate surface area is 142 Å². The van der Waals surface area contributed by atoms with E-state index in [0.29, 0.717) is 16.3 Å². The molecule has 0 aliphatic heterocycles. The van der Waals surface area contributed by atoms with Crippen LogP contribution in [0.4, 0.5) is 5.69 Å². The maximum absolute atomic E-state index is 12.2. The van der Waals surface area contributed by atoms with E-state index >= 15 is 0 Å². The van der Waals surface area contributed by atoms with Crippen LogP contribution >= 0.6 is 11.3 Å². The average molecular weight is 340 g/mol. The summed E-state index contributed by atoms with van der Waals surface area (Å²) in [5.74, 6) is -0.465. The highest BCUT2D eigenvalue weighted by Gasteiger charge is 2.18. The zero-order valence-corrected chi connectivity index (χ0v) is 13.8. The Kier molecular flexibility index (Phi) is 4.48. The van der Waals surface area contributed by atoms with Gasteiger partial charge >= 0.3 is 4.87 Å².